The van der Waals surface area contributed by atoms with Crippen molar-refractivity contribution in [3.05, 3.63) is 59.7 Å². The molecule has 1 fully saturated rings. The van der Waals surface area contributed by atoms with E-state index in [1.165, 1.54) is 18.5 Å². The molecule has 1 N–H and O–H groups in total. The van der Waals surface area contributed by atoms with Gasteiger partial charge in [0, 0.05) is 30.0 Å². The molecule has 1 aliphatic heterocycles. The minimum absolute atomic E-state index is 0.0494. The number of aryl methyl sites for hydroxylation is 1. The molecule has 1 amide bonds. The van der Waals surface area contributed by atoms with Crippen LogP contribution in [0.2, 0.25) is 0 Å². The van der Waals surface area contributed by atoms with Crippen LogP contribution in [0.3, 0.4) is 0 Å². The molecule has 0 spiro atoms. The standard InChI is InChI=1S/C18H20N2O/c1-14-7-2-3-10-17(14)18(21)19-15-8-6-9-16(13-15)20-11-4-5-12-20/h2-3,6-10,13H,4-5,11-12H2,1H3,(H,19,21). The minimum atomic E-state index is -0.0494. The van der Waals surface area contributed by atoms with E-state index in [0.717, 1.165) is 29.9 Å². The summed E-state index contributed by atoms with van der Waals surface area (Å²) in [5.41, 5.74) is 3.76. The van der Waals surface area contributed by atoms with Crippen molar-refractivity contribution in [1.29, 1.82) is 0 Å². The highest BCUT2D eigenvalue weighted by molar-refractivity contribution is 6.05. The molecule has 1 heterocycles. The van der Waals surface area contributed by atoms with Crippen LogP contribution in [0.15, 0.2) is 48.5 Å². The number of hydrogen-bond acceptors (Lipinski definition) is 2. The zero-order chi connectivity index (χ0) is 14.7. The molecule has 3 nitrogen and oxygen atoms in total. The van der Waals surface area contributed by atoms with Crippen molar-refractivity contribution in [2.24, 2.45) is 0 Å². The molecule has 0 unspecified atom stereocenters. The second-order valence-electron chi connectivity index (χ2n) is 5.51. The number of amides is 1. The Balaban J connectivity index is 1.77. The zero-order valence-corrected chi connectivity index (χ0v) is 12.3. The molecule has 108 valence electrons. The summed E-state index contributed by atoms with van der Waals surface area (Å²) in [5, 5.41) is 3.00. The number of benzene rings is 2. The lowest BCUT2D eigenvalue weighted by Gasteiger charge is -2.18. The van der Waals surface area contributed by atoms with Crippen molar-refractivity contribution in [3.8, 4) is 0 Å². The highest BCUT2D eigenvalue weighted by Crippen LogP contribution is 2.23. The van der Waals surface area contributed by atoms with E-state index >= 15 is 0 Å². The van der Waals surface area contributed by atoms with E-state index in [1.54, 1.807) is 0 Å². The molecule has 0 aliphatic carbocycles. The third-order valence-corrected chi connectivity index (χ3v) is 3.96. The average molecular weight is 280 g/mol. The third-order valence-electron chi connectivity index (χ3n) is 3.96. The maximum Gasteiger partial charge on any atom is 0.255 e. The van der Waals surface area contributed by atoms with Gasteiger partial charge >= 0.3 is 0 Å². The van der Waals surface area contributed by atoms with Gasteiger partial charge in [0.15, 0.2) is 0 Å². The number of carbonyl (C=O) groups is 1. The van der Waals surface area contributed by atoms with Crippen LogP contribution >= 0.6 is 0 Å². The summed E-state index contributed by atoms with van der Waals surface area (Å²) in [7, 11) is 0. The van der Waals surface area contributed by atoms with Crippen molar-refractivity contribution >= 4 is 17.3 Å². The average Bonchev–Trinajstić information content (AvgIpc) is 3.02. The van der Waals surface area contributed by atoms with E-state index < -0.39 is 0 Å². The Hall–Kier alpha value is -2.29. The smallest absolute Gasteiger partial charge is 0.255 e. The van der Waals surface area contributed by atoms with Gasteiger partial charge < -0.3 is 10.2 Å². The molecule has 0 aromatic heterocycles. The summed E-state index contributed by atoms with van der Waals surface area (Å²) in [6.45, 7) is 4.17. The Bertz CT molecular complexity index is 645. The molecular formula is C18H20N2O. The number of anilines is 2. The Morgan fingerprint density at radius 3 is 2.57 bits per heavy atom. The third kappa shape index (κ3) is 3.07. The zero-order valence-electron chi connectivity index (χ0n) is 12.3. The monoisotopic (exact) mass is 280 g/mol. The number of carbonyl (C=O) groups excluding carboxylic acids is 1. The molecule has 3 heteroatoms. The molecule has 0 bridgehead atoms. The number of hydrogen-bond donors (Lipinski definition) is 1. The van der Waals surface area contributed by atoms with Crippen molar-refractivity contribution in [3.63, 3.8) is 0 Å². The van der Waals surface area contributed by atoms with Crippen LogP contribution in [0, 0.1) is 6.92 Å². The quantitative estimate of drug-likeness (QED) is 0.926. The number of nitrogens with zero attached hydrogens (tertiary/aromatic N) is 1. The molecule has 1 aliphatic rings. The Morgan fingerprint density at radius 1 is 1.05 bits per heavy atom. The maximum absolute atomic E-state index is 12.3. The van der Waals surface area contributed by atoms with Gasteiger partial charge in [0.2, 0.25) is 0 Å². The van der Waals surface area contributed by atoms with Crippen LogP contribution in [0.5, 0.6) is 0 Å². The second-order valence-corrected chi connectivity index (χ2v) is 5.51. The molecule has 2 aromatic carbocycles. The Kier molecular flexibility index (Phi) is 3.91. The normalized spacial score (nSPS) is 14.2. The van der Waals surface area contributed by atoms with Crippen molar-refractivity contribution in [2.45, 2.75) is 19.8 Å². The fourth-order valence-electron chi connectivity index (χ4n) is 2.78. The first-order valence-corrected chi connectivity index (χ1v) is 7.46. The fourth-order valence-corrected chi connectivity index (χ4v) is 2.78. The topological polar surface area (TPSA) is 32.3 Å². The summed E-state index contributed by atoms with van der Waals surface area (Å²) < 4.78 is 0. The van der Waals surface area contributed by atoms with E-state index in [1.807, 2.05) is 43.3 Å². The number of rotatable bonds is 3. The van der Waals surface area contributed by atoms with E-state index in [-0.39, 0.29) is 5.91 Å². The lowest BCUT2D eigenvalue weighted by Crippen LogP contribution is -2.18. The Morgan fingerprint density at radius 2 is 1.81 bits per heavy atom. The first-order chi connectivity index (χ1) is 10.2. The number of nitrogens with one attached hydrogen (secondary N) is 1. The van der Waals surface area contributed by atoms with Gasteiger partial charge in [-0.05, 0) is 49.6 Å². The molecule has 0 saturated carbocycles. The molecule has 3 rings (SSSR count). The van der Waals surface area contributed by atoms with Crippen LogP contribution in [-0.4, -0.2) is 19.0 Å². The van der Waals surface area contributed by atoms with E-state index in [0.29, 0.717) is 0 Å². The SMILES string of the molecule is Cc1ccccc1C(=O)Nc1cccc(N2CCCC2)c1. The van der Waals surface area contributed by atoms with Crippen LogP contribution in [-0.2, 0) is 0 Å². The maximum atomic E-state index is 12.3. The van der Waals surface area contributed by atoms with E-state index in [9.17, 15) is 4.79 Å². The highest BCUT2D eigenvalue weighted by Gasteiger charge is 2.13. The fraction of sp³-hybridized carbons (Fsp3) is 0.278. The molecule has 1 saturated heterocycles. The molecule has 2 aromatic rings. The van der Waals surface area contributed by atoms with Gasteiger partial charge in [-0.25, -0.2) is 0 Å². The van der Waals surface area contributed by atoms with Crippen LogP contribution in [0.1, 0.15) is 28.8 Å². The summed E-state index contributed by atoms with van der Waals surface area (Å²) in [4.78, 5) is 14.7. The van der Waals surface area contributed by atoms with Crippen LogP contribution < -0.4 is 10.2 Å². The summed E-state index contributed by atoms with van der Waals surface area (Å²) in [6, 6.07) is 15.8. The highest BCUT2D eigenvalue weighted by atomic mass is 16.1. The predicted molar refractivity (Wildman–Crippen MR) is 87.0 cm³/mol. The molecular weight excluding hydrogens is 260 g/mol. The Labute approximate surface area is 125 Å². The van der Waals surface area contributed by atoms with Crippen molar-refractivity contribution < 1.29 is 4.79 Å². The summed E-state index contributed by atoms with van der Waals surface area (Å²) in [6.07, 6.45) is 2.50. The van der Waals surface area contributed by atoms with Crippen molar-refractivity contribution in [2.75, 3.05) is 23.3 Å². The minimum Gasteiger partial charge on any atom is -0.371 e. The van der Waals surface area contributed by atoms with Gasteiger partial charge in [0.1, 0.15) is 0 Å². The van der Waals surface area contributed by atoms with Gasteiger partial charge in [0.05, 0.1) is 0 Å². The summed E-state index contributed by atoms with van der Waals surface area (Å²) >= 11 is 0. The van der Waals surface area contributed by atoms with Gasteiger partial charge in [-0.2, -0.15) is 0 Å². The van der Waals surface area contributed by atoms with Gasteiger partial charge in [-0.3, -0.25) is 4.79 Å². The van der Waals surface area contributed by atoms with Gasteiger partial charge in [0.25, 0.3) is 5.91 Å². The van der Waals surface area contributed by atoms with E-state index in [2.05, 4.69) is 22.3 Å². The van der Waals surface area contributed by atoms with Crippen LogP contribution in [0.25, 0.3) is 0 Å². The summed E-state index contributed by atoms with van der Waals surface area (Å²) in [5.74, 6) is -0.0494. The lowest BCUT2D eigenvalue weighted by atomic mass is 10.1. The molecule has 0 radical (unpaired) electrons. The first-order valence-electron chi connectivity index (χ1n) is 7.46. The van der Waals surface area contributed by atoms with E-state index in [4.69, 9.17) is 0 Å². The predicted octanol–water partition coefficient (Wildman–Crippen LogP) is 3.85. The van der Waals surface area contributed by atoms with Gasteiger partial charge in [-0.15, -0.1) is 0 Å². The largest absolute Gasteiger partial charge is 0.371 e. The molecule has 21 heavy (non-hydrogen) atoms. The van der Waals surface area contributed by atoms with Crippen molar-refractivity contribution in [1.82, 2.24) is 0 Å². The van der Waals surface area contributed by atoms with Crippen LogP contribution in [0.4, 0.5) is 11.4 Å². The molecule has 0 atom stereocenters. The van der Waals surface area contributed by atoms with Gasteiger partial charge in [-0.1, -0.05) is 24.3 Å². The lowest BCUT2D eigenvalue weighted by molar-refractivity contribution is 0.102. The second kappa shape index (κ2) is 6.00. The first kappa shape index (κ1) is 13.7.